The van der Waals surface area contributed by atoms with E-state index in [2.05, 4.69) is 0 Å². The summed E-state index contributed by atoms with van der Waals surface area (Å²) < 4.78 is 35.0. The van der Waals surface area contributed by atoms with E-state index in [1.54, 1.807) is 45.9 Å². The molecule has 0 amide bonds. The van der Waals surface area contributed by atoms with Gasteiger partial charge in [-0.15, -0.1) is 0 Å². The van der Waals surface area contributed by atoms with Gasteiger partial charge in [0.05, 0.1) is 5.92 Å². The molecule has 0 heterocycles. The number of rotatable bonds is 6. The molecule has 0 radical (unpaired) electrons. The standard InChI is InChI=1S/C32H46O12/c1-16-12-13-31(10,11)30(43-23(8)37)28(41-21(6)35)27(40-20(5)34)17(2)14-25-26(39-19(4)33)18(3)15-32(25,44-24(9)38)29(16)42-22(7)36/h12-14,16,18,25-30H,15H2,1-11H3/b13-12+,17-14?/t16-,18+,25-,26-,27-,28-,29+,30+,32+/m0/s1. The number of hydrogen-bond acceptors (Lipinski definition) is 12. The van der Waals surface area contributed by atoms with Crippen molar-refractivity contribution in [2.45, 2.75) is 119 Å². The molecule has 2 aliphatic carbocycles. The van der Waals surface area contributed by atoms with Crippen LogP contribution in [-0.2, 0) is 57.2 Å². The van der Waals surface area contributed by atoms with Gasteiger partial charge < -0.3 is 28.4 Å². The van der Waals surface area contributed by atoms with Crippen molar-refractivity contribution in [3.8, 4) is 0 Å². The summed E-state index contributed by atoms with van der Waals surface area (Å²) in [4.78, 5) is 74.8. The SMILES string of the molecule is CC(=O)O[C@@H]1[C@@H](OC(C)=O)C(C)(C)/C=C/[C@H](C)[C@@H](OC(C)=O)[C@@]2(OC(C)=O)C[C@@H](C)[C@H](OC(C)=O)[C@@H]2C=C(C)[C@@H]1OC(C)=O. The zero-order valence-electron chi connectivity index (χ0n) is 27.5. The second kappa shape index (κ2) is 14.4. The number of esters is 6. The lowest BCUT2D eigenvalue weighted by molar-refractivity contribution is -0.197. The van der Waals surface area contributed by atoms with Crippen molar-refractivity contribution in [2.24, 2.45) is 23.2 Å². The normalized spacial score (nSPS) is 33.9. The van der Waals surface area contributed by atoms with E-state index >= 15 is 0 Å². The van der Waals surface area contributed by atoms with Gasteiger partial charge in [-0.3, -0.25) is 28.8 Å². The Labute approximate surface area is 258 Å². The maximum Gasteiger partial charge on any atom is 0.303 e. The van der Waals surface area contributed by atoms with Crippen LogP contribution in [0.15, 0.2) is 23.8 Å². The first kappa shape index (κ1) is 36.5. The highest BCUT2D eigenvalue weighted by molar-refractivity contribution is 5.70. The van der Waals surface area contributed by atoms with E-state index in [4.69, 9.17) is 28.4 Å². The Balaban J connectivity index is 3.09. The van der Waals surface area contributed by atoms with Crippen molar-refractivity contribution in [1.82, 2.24) is 0 Å². The third-order valence-corrected chi connectivity index (χ3v) is 7.95. The van der Waals surface area contributed by atoms with Crippen LogP contribution in [0.25, 0.3) is 0 Å². The summed E-state index contributed by atoms with van der Waals surface area (Å²) in [7, 11) is 0. The minimum Gasteiger partial charge on any atom is -0.461 e. The lowest BCUT2D eigenvalue weighted by Gasteiger charge is -2.44. The van der Waals surface area contributed by atoms with Gasteiger partial charge in [0.2, 0.25) is 0 Å². The van der Waals surface area contributed by atoms with Crippen molar-refractivity contribution in [2.75, 3.05) is 0 Å². The van der Waals surface area contributed by atoms with Gasteiger partial charge in [-0.25, -0.2) is 0 Å². The van der Waals surface area contributed by atoms with Crippen LogP contribution in [0.2, 0.25) is 0 Å². The number of ether oxygens (including phenoxy) is 6. The van der Waals surface area contributed by atoms with Crippen LogP contribution in [0.1, 0.15) is 82.6 Å². The average molecular weight is 623 g/mol. The first-order valence-electron chi connectivity index (χ1n) is 14.6. The molecule has 0 aliphatic heterocycles. The first-order valence-corrected chi connectivity index (χ1v) is 14.6. The highest BCUT2D eigenvalue weighted by Gasteiger charge is 2.62. The van der Waals surface area contributed by atoms with E-state index in [0.29, 0.717) is 5.57 Å². The Bertz CT molecular complexity index is 1200. The molecule has 0 saturated heterocycles. The van der Waals surface area contributed by atoms with Crippen molar-refractivity contribution in [3.63, 3.8) is 0 Å². The number of carbonyl (C=O) groups is 6. The Morgan fingerprint density at radius 1 is 0.682 bits per heavy atom. The van der Waals surface area contributed by atoms with Gasteiger partial charge in [0.1, 0.15) is 12.2 Å². The van der Waals surface area contributed by atoms with Gasteiger partial charge in [0, 0.05) is 52.9 Å². The lowest BCUT2D eigenvalue weighted by Crippen LogP contribution is -2.56. The minimum absolute atomic E-state index is 0.153. The third-order valence-electron chi connectivity index (χ3n) is 7.95. The summed E-state index contributed by atoms with van der Waals surface area (Å²) in [5.41, 5.74) is -2.25. The second-order valence-electron chi connectivity index (χ2n) is 12.4. The molecule has 0 aromatic carbocycles. The van der Waals surface area contributed by atoms with Crippen LogP contribution in [0, 0.1) is 23.2 Å². The molecule has 2 aliphatic rings. The van der Waals surface area contributed by atoms with Gasteiger partial charge in [-0.1, -0.05) is 45.9 Å². The molecule has 0 aromatic heterocycles. The van der Waals surface area contributed by atoms with Crippen molar-refractivity contribution >= 4 is 35.8 Å². The maximum absolute atomic E-state index is 12.7. The van der Waals surface area contributed by atoms with E-state index in [9.17, 15) is 28.8 Å². The summed E-state index contributed by atoms with van der Waals surface area (Å²) in [6.07, 6.45) is -0.429. The van der Waals surface area contributed by atoms with Crippen molar-refractivity contribution in [3.05, 3.63) is 23.8 Å². The highest BCUT2D eigenvalue weighted by Crippen LogP contribution is 2.51. The van der Waals surface area contributed by atoms with E-state index in [1.807, 2.05) is 6.92 Å². The quantitative estimate of drug-likeness (QED) is 0.240. The van der Waals surface area contributed by atoms with Gasteiger partial charge >= 0.3 is 35.8 Å². The molecule has 12 nitrogen and oxygen atoms in total. The van der Waals surface area contributed by atoms with Crippen molar-refractivity contribution in [1.29, 1.82) is 0 Å². The molecule has 44 heavy (non-hydrogen) atoms. The van der Waals surface area contributed by atoms with Gasteiger partial charge in [-0.05, 0) is 24.8 Å². The second-order valence-corrected chi connectivity index (χ2v) is 12.4. The molecule has 0 unspecified atom stereocenters. The number of fused-ring (bicyclic) bond motifs is 1. The molecule has 1 saturated carbocycles. The Hall–Kier alpha value is -3.70. The van der Waals surface area contributed by atoms with Crippen LogP contribution in [0.4, 0.5) is 0 Å². The number of carbonyl (C=O) groups excluding carboxylic acids is 6. The molecular weight excluding hydrogens is 576 g/mol. The third kappa shape index (κ3) is 8.69. The van der Waals surface area contributed by atoms with Crippen LogP contribution in [0.3, 0.4) is 0 Å². The molecule has 0 N–H and O–H groups in total. The molecule has 0 spiro atoms. The Morgan fingerprint density at radius 3 is 1.64 bits per heavy atom. The largest absolute Gasteiger partial charge is 0.461 e. The molecule has 9 atom stereocenters. The molecule has 246 valence electrons. The van der Waals surface area contributed by atoms with Crippen LogP contribution < -0.4 is 0 Å². The average Bonchev–Trinajstić information content (AvgIpc) is 3.10. The summed E-state index contributed by atoms with van der Waals surface area (Å²) in [5, 5.41) is 0. The predicted molar refractivity (Wildman–Crippen MR) is 155 cm³/mol. The van der Waals surface area contributed by atoms with Crippen LogP contribution in [-0.4, -0.2) is 71.9 Å². The summed E-state index contributed by atoms with van der Waals surface area (Å²) in [6, 6.07) is 0. The Morgan fingerprint density at radius 2 is 1.16 bits per heavy atom. The van der Waals surface area contributed by atoms with Crippen LogP contribution >= 0.6 is 0 Å². The highest BCUT2D eigenvalue weighted by atomic mass is 16.6. The fourth-order valence-electron chi connectivity index (χ4n) is 6.44. The fourth-order valence-corrected chi connectivity index (χ4v) is 6.44. The lowest BCUT2D eigenvalue weighted by atomic mass is 9.74. The smallest absolute Gasteiger partial charge is 0.303 e. The topological polar surface area (TPSA) is 158 Å². The fraction of sp³-hybridized carbons (Fsp3) is 0.688. The van der Waals surface area contributed by atoms with Gasteiger partial charge in [0.15, 0.2) is 23.9 Å². The minimum atomic E-state index is -1.53. The van der Waals surface area contributed by atoms with Crippen molar-refractivity contribution < 1.29 is 57.2 Å². The zero-order valence-corrected chi connectivity index (χ0v) is 27.5. The van der Waals surface area contributed by atoms with E-state index in [0.717, 1.165) is 0 Å². The molecule has 0 bridgehead atoms. The Kier molecular flexibility index (Phi) is 11.9. The molecular formula is C32H46O12. The maximum atomic E-state index is 12.7. The molecule has 0 aromatic rings. The summed E-state index contributed by atoms with van der Waals surface area (Å²) >= 11 is 0. The predicted octanol–water partition coefficient (Wildman–Crippen LogP) is 3.78. The van der Waals surface area contributed by atoms with Gasteiger partial charge in [-0.2, -0.15) is 0 Å². The molecule has 2 rings (SSSR count). The van der Waals surface area contributed by atoms with E-state index < -0.39 is 89.2 Å². The summed E-state index contributed by atoms with van der Waals surface area (Å²) in [5.74, 6) is -5.84. The zero-order chi connectivity index (χ0) is 33.7. The molecule has 12 heteroatoms. The van der Waals surface area contributed by atoms with Gasteiger partial charge in [0.25, 0.3) is 0 Å². The van der Waals surface area contributed by atoms with Crippen LogP contribution in [0.5, 0.6) is 0 Å². The number of hydrogen-bond donors (Lipinski definition) is 0. The monoisotopic (exact) mass is 622 g/mol. The van der Waals surface area contributed by atoms with E-state index in [-0.39, 0.29) is 12.3 Å². The molecule has 1 fully saturated rings. The first-order chi connectivity index (χ1) is 20.2. The van der Waals surface area contributed by atoms with E-state index in [1.165, 1.54) is 41.5 Å². The summed E-state index contributed by atoms with van der Waals surface area (Å²) in [6.45, 7) is 16.0.